The maximum Gasteiger partial charge on any atom is 0.225 e. The second-order valence-electron chi connectivity index (χ2n) is 3.67. The Morgan fingerprint density at radius 3 is 2.35 bits per heavy atom. The van der Waals surface area contributed by atoms with E-state index in [0.717, 1.165) is 0 Å². The summed E-state index contributed by atoms with van der Waals surface area (Å²) >= 11 is 1.38. The van der Waals surface area contributed by atoms with Gasteiger partial charge in [-0.1, -0.05) is 11.8 Å². The Balaban J connectivity index is 1.79. The third-order valence-electron chi connectivity index (χ3n) is 2.22. The summed E-state index contributed by atoms with van der Waals surface area (Å²) in [7, 11) is 0. The first-order valence-electron chi connectivity index (χ1n) is 5.70. The highest BCUT2D eigenvalue weighted by Crippen LogP contribution is 2.16. The van der Waals surface area contributed by atoms with Crippen molar-refractivity contribution in [2.45, 2.75) is 5.16 Å². The summed E-state index contributed by atoms with van der Waals surface area (Å²) in [6.45, 7) is 0.474. The van der Waals surface area contributed by atoms with Crippen molar-refractivity contribution in [1.82, 2.24) is 15.0 Å². The minimum Gasteiger partial charge on any atom is -0.493 e. The predicted octanol–water partition coefficient (Wildman–Crippen LogP) is 1.08. The first kappa shape index (κ1) is 13.9. The summed E-state index contributed by atoms with van der Waals surface area (Å²) in [6.07, 6.45) is 0. The van der Waals surface area contributed by atoms with Crippen LogP contribution in [0.15, 0.2) is 29.4 Å². The molecule has 0 fully saturated rings. The highest BCUT2D eigenvalue weighted by Gasteiger charge is 2.02. The summed E-state index contributed by atoms with van der Waals surface area (Å²) in [4.78, 5) is 11.6. The van der Waals surface area contributed by atoms with Gasteiger partial charge >= 0.3 is 0 Å². The molecule has 0 saturated heterocycles. The van der Waals surface area contributed by atoms with Crippen LogP contribution in [-0.4, -0.2) is 27.3 Å². The van der Waals surface area contributed by atoms with Gasteiger partial charge in [-0.15, -0.1) is 0 Å². The predicted molar refractivity (Wildman–Crippen MR) is 76.0 cm³/mol. The summed E-state index contributed by atoms with van der Waals surface area (Å²) < 4.78 is 5.52. The van der Waals surface area contributed by atoms with Crippen LogP contribution in [-0.2, 0) is 0 Å². The van der Waals surface area contributed by atoms with Crippen LogP contribution >= 0.6 is 11.8 Å². The highest BCUT2D eigenvalue weighted by molar-refractivity contribution is 7.99. The summed E-state index contributed by atoms with van der Waals surface area (Å²) in [5, 5.41) is 9.15. The van der Waals surface area contributed by atoms with Crippen LogP contribution in [0.2, 0.25) is 0 Å². The molecule has 0 amide bonds. The zero-order chi connectivity index (χ0) is 14.4. The van der Waals surface area contributed by atoms with Crippen molar-refractivity contribution in [2.24, 2.45) is 0 Å². The van der Waals surface area contributed by atoms with Gasteiger partial charge in [0.05, 0.1) is 18.2 Å². The molecule has 7 nitrogen and oxygen atoms in total. The van der Waals surface area contributed by atoms with Gasteiger partial charge in [0.2, 0.25) is 11.9 Å². The van der Waals surface area contributed by atoms with E-state index >= 15 is 0 Å². The van der Waals surface area contributed by atoms with Gasteiger partial charge in [-0.25, -0.2) is 0 Å². The van der Waals surface area contributed by atoms with E-state index in [1.807, 2.05) is 6.07 Å². The van der Waals surface area contributed by atoms with E-state index in [2.05, 4.69) is 15.0 Å². The van der Waals surface area contributed by atoms with Crippen LogP contribution in [0, 0.1) is 11.3 Å². The number of rotatable bonds is 5. The van der Waals surface area contributed by atoms with Crippen LogP contribution in [0.5, 0.6) is 5.75 Å². The highest BCUT2D eigenvalue weighted by atomic mass is 32.2. The van der Waals surface area contributed by atoms with Crippen LogP contribution in [0.25, 0.3) is 0 Å². The number of nitriles is 1. The van der Waals surface area contributed by atoms with E-state index in [9.17, 15) is 0 Å². The van der Waals surface area contributed by atoms with E-state index in [1.54, 1.807) is 24.3 Å². The Kier molecular flexibility index (Phi) is 4.57. The van der Waals surface area contributed by atoms with Gasteiger partial charge < -0.3 is 16.2 Å². The molecule has 2 rings (SSSR count). The largest absolute Gasteiger partial charge is 0.493 e. The zero-order valence-electron chi connectivity index (χ0n) is 10.5. The smallest absolute Gasteiger partial charge is 0.225 e. The van der Waals surface area contributed by atoms with E-state index in [-0.39, 0.29) is 11.9 Å². The number of aromatic nitrogens is 3. The number of nitrogen functional groups attached to an aromatic ring is 2. The first-order valence-corrected chi connectivity index (χ1v) is 6.69. The number of hydrogen-bond acceptors (Lipinski definition) is 8. The normalized spacial score (nSPS) is 9.95. The topological polar surface area (TPSA) is 124 Å². The standard InChI is InChI=1S/C12H12N6OS/c13-7-8-1-3-9(4-2-8)19-5-6-20-12-17-10(14)16-11(15)18-12/h1-4H,5-6H2,(H4,14,15,16,17,18). The van der Waals surface area contributed by atoms with Crippen LogP contribution in [0.4, 0.5) is 11.9 Å². The molecule has 0 saturated carbocycles. The average Bonchev–Trinajstić information content (AvgIpc) is 2.43. The number of anilines is 2. The van der Waals surface area contributed by atoms with Crippen molar-refractivity contribution in [1.29, 1.82) is 5.26 Å². The quantitative estimate of drug-likeness (QED) is 0.618. The van der Waals surface area contributed by atoms with Crippen molar-refractivity contribution >= 4 is 23.7 Å². The van der Waals surface area contributed by atoms with Crippen molar-refractivity contribution in [3.8, 4) is 11.8 Å². The molecule has 20 heavy (non-hydrogen) atoms. The molecule has 102 valence electrons. The van der Waals surface area contributed by atoms with E-state index in [4.69, 9.17) is 21.5 Å². The molecule has 4 N–H and O–H groups in total. The molecule has 0 aliphatic rings. The van der Waals surface area contributed by atoms with Gasteiger partial charge in [-0.3, -0.25) is 0 Å². The number of ether oxygens (including phenoxy) is 1. The fraction of sp³-hybridized carbons (Fsp3) is 0.167. The molecule has 1 aromatic heterocycles. The maximum atomic E-state index is 8.68. The zero-order valence-corrected chi connectivity index (χ0v) is 11.3. The number of nitrogens with two attached hydrogens (primary N) is 2. The molecule has 0 atom stereocenters. The SMILES string of the molecule is N#Cc1ccc(OCCSc2nc(N)nc(N)n2)cc1. The molecule has 0 spiro atoms. The van der Waals surface area contributed by atoms with Crippen LogP contribution < -0.4 is 16.2 Å². The van der Waals surface area contributed by atoms with Crippen LogP contribution in [0.3, 0.4) is 0 Å². The molecular formula is C12H12N6OS. The second-order valence-corrected chi connectivity index (χ2v) is 4.73. The lowest BCUT2D eigenvalue weighted by molar-refractivity contribution is 0.344. The van der Waals surface area contributed by atoms with E-state index < -0.39 is 0 Å². The van der Waals surface area contributed by atoms with Gasteiger partial charge in [-0.05, 0) is 24.3 Å². The van der Waals surface area contributed by atoms with Crippen molar-refractivity contribution in [2.75, 3.05) is 23.8 Å². The molecule has 0 bridgehead atoms. The average molecular weight is 288 g/mol. The molecule has 2 aromatic rings. The Morgan fingerprint density at radius 2 is 1.75 bits per heavy atom. The molecule has 1 heterocycles. The molecule has 0 radical (unpaired) electrons. The molecule has 0 unspecified atom stereocenters. The molecule has 0 aliphatic heterocycles. The third-order valence-corrected chi connectivity index (χ3v) is 3.03. The monoisotopic (exact) mass is 288 g/mol. The molecule has 1 aromatic carbocycles. The van der Waals surface area contributed by atoms with E-state index in [0.29, 0.717) is 28.8 Å². The fourth-order valence-electron chi connectivity index (χ4n) is 1.37. The fourth-order valence-corrected chi connectivity index (χ4v) is 2.04. The lowest BCUT2D eigenvalue weighted by atomic mass is 10.2. The summed E-state index contributed by atoms with van der Waals surface area (Å²) in [5.74, 6) is 1.56. The first-order chi connectivity index (χ1) is 9.67. The van der Waals surface area contributed by atoms with Gasteiger partial charge in [0, 0.05) is 5.75 Å². The molecule has 0 aliphatic carbocycles. The number of benzene rings is 1. The second kappa shape index (κ2) is 6.58. The Hall–Kier alpha value is -2.53. The minimum atomic E-state index is 0.105. The number of hydrogen-bond donors (Lipinski definition) is 2. The Morgan fingerprint density at radius 1 is 1.10 bits per heavy atom. The summed E-state index contributed by atoms with van der Waals surface area (Å²) in [5.41, 5.74) is 11.5. The van der Waals surface area contributed by atoms with E-state index in [1.165, 1.54) is 11.8 Å². The maximum absolute atomic E-state index is 8.68. The summed E-state index contributed by atoms with van der Waals surface area (Å²) in [6, 6.07) is 8.96. The lowest BCUT2D eigenvalue weighted by Gasteiger charge is -2.05. The minimum absolute atomic E-state index is 0.105. The van der Waals surface area contributed by atoms with Crippen molar-refractivity contribution < 1.29 is 4.74 Å². The van der Waals surface area contributed by atoms with Gasteiger partial charge in [0.25, 0.3) is 0 Å². The Labute approximate surface area is 120 Å². The molecule has 8 heteroatoms. The number of nitrogens with zero attached hydrogens (tertiary/aromatic N) is 4. The third kappa shape index (κ3) is 4.00. The van der Waals surface area contributed by atoms with Crippen LogP contribution in [0.1, 0.15) is 5.56 Å². The number of thioether (sulfide) groups is 1. The van der Waals surface area contributed by atoms with Crippen molar-refractivity contribution in [3.05, 3.63) is 29.8 Å². The van der Waals surface area contributed by atoms with Gasteiger partial charge in [0.15, 0.2) is 5.16 Å². The lowest BCUT2D eigenvalue weighted by Crippen LogP contribution is -2.05. The van der Waals surface area contributed by atoms with Gasteiger partial charge in [-0.2, -0.15) is 20.2 Å². The molecular weight excluding hydrogens is 276 g/mol. The van der Waals surface area contributed by atoms with Crippen molar-refractivity contribution in [3.63, 3.8) is 0 Å². The Bertz CT molecular complexity index is 605. The van der Waals surface area contributed by atoms with Gasteiger partial charge in [0.1, 0.15) is 5.75 Å².